The molecule has 0 spiro atoms. The highest BCUT2D eigenvalue weighted by Crippen LogP contribution is 2.17. The minimum atomic E-state index is -0.388. The van der Waals surface area contributed by atoms with Gasteiger partial charge in [-0.3, -0.25) is 9.59 Å². The van der Waals surface area contributed by atoms with Gasteiger partial charge in [0.2, 0.25) is 17.6 Å². The summed E-state index contributed by atoms with van der Waals surface area (Å²) < 4.78 is 18.3. The summed E-state index contributed by atoms with van der Waals surface area (Å²) in [6.07, 6.45) is 0.385. The van der Waals surface area contributed by atoms with Gasteiger partial charge in [0.1, 0.15) is 5.82 Å². The second-order valence-corrected chi connectivity index (χ2v) is 5.71. The lowest BCUT2D eigenvalue weighted by atomic mass is 10.1. The van der Waals surface area contributed by atoms with Crippen LogP contribution in [0.4, 0.5) is 10.1 Å². The lowest BCUT2D eigenvalue weighted by Gasteiger charge is -2.05. The van der Waals surface area contributed by atoms with Gasteiger partial charge in [0.25, 0.3) is 0 Å². The highest BCUT2D eigenvalue weighted by Gasteiger charge is 2.12. The number of anilines is 1. The van der Waals surface area contributed by atoms with Crippen molar-refractivity contribution in [2.24, 2.45) is 0 Å². The van der Waals surface area contributed by atoms with Crippen molar-refractivity contribution in [3.63, 3.8) is 0 Å². The Morgan fingerprint density at radius 1 is 1.15 bits per heavy atom. The minimum Gasteiger partial charge on any atom is -0.339 e. The molecule has 0 atom stereocenters. The van der Waals surface area contributed by atoms with Crippen molar-refractivity contribution in [1.82, 2.24) is 10.1 Å². The Balaban J connectivity index is 1.58. The van der Waals surface area contributed by atoms with Crippen molar-refractivity contribution >= 4 is 17.4 Å². The van der Waals surface area contributed by atoms with E-state index in [2.05, 4.69) is 15.5 Å². The molecule has 0 radical (unpaired) electrons. The molecule has 3 aromatic rings. The number of hydrogen-bond acceptors (Lipinski definition) is 5. The highest BCUT2D eigenvalue weighted by molar-refractivity contribution is 5.97. The van der Waals surface area contributed by atoms with E-state index in [1.54, 1.807) is 36.4 Å². The van der Waals surface area contributed by atoms with E-state index in [-0.39, 0.29) is 42.1 Å². The molecule has 0 saturated carbocycles. The van der Waals surface area contributed by atoms with E-state index in [0.717, 1.165) is 0 Å². The number of carbonyl (C=O) groups is 2. The zero-order valence-corrected chi connectivity index (χ0v) is 14.0. The number of hydrogen-bond donors (Lipinski definition) is 1. The van der Waals surface area contributed by atoms with E-state index in [4.69, 9.17) is 4.52 Å². The Bertz CT molecular complexity index is 952. The summed E-state index contributed by atoms with van der Waals surface area (Å²) in [5, 5.41) is 6.52. The van der Waals surface area contributed by atoms with E-state index in [1.165, 1.54) is 19.1 Å². The van der Waals surface area contributed by atoms with Gasteiger partial charge in [-0.05, 0) is 31.2 Å². The van der Waals surface area contributed by atoms with E-state index >= 15 is 0 Å². The SMILES string of the molecule is CC(=O)c1cccc(NC(=O)CCc2nc(-c3cccc(F)c3)no2)c1. The van der Waals surface area contributed by atoms with Gasteiger partial charge in [-0.2, -0.15) is 4.98 Å². The predicted molar refractivity (Wildman–Crippen MR) is 93.1 cm³/mol. The van der Waals surface area contributed by atoms with Crippen LogP contribution in [0.5, 0.6) is 0 Å². The molecule has 0 aliphatic carbocycles. The number of carbonyl (C=O) groups excluding carboxylic acids is 2. The second kappa shape index (κ2) is 7.69. The molecule has 2 aromatic carbocycles. The second-order valence-electron chi connectivity index (χ2n) is 5.71. The first-order valence-electron chi connectivity index (χ1n) is 8.00. The van der Waals surface area contributed by atoms with Gasteiger partial charge in [0.05, 0.1) is 0 Å². The summed E-state index contributed by atoms with van der Waals surface area (Å²) in [5.41, 5.74) is 1.58. The van der Waals surface area contributed by atoms with Crippen LogP contribution in [0.3, 0.4) is 0 Å². The number of rotatable bonds is 6. The van der Waals surface area contributed by atoms with Crippen molar-refractivity contribution in [2.45, 2.75) is 19.8 Å². The van der Waals surface area contributed by atoms with Crippen LogP contribution in [0.25, 0.3) is 11.4 Å². The predicted octanol–water partition coefficient (Wildman–Crippen LogP) is 3.65. The molecule has 6 nitrogen and oxygen atoms in total. The van der Waals surface area contributed by atoms with Gasteiger partial charge in [0, 0.05) is 29.7 Å². The summed E-state index contributed by atoms with van der Waals surface area (Å²) in [4.78, 5) is 27.6. The fraction of sp³-hybridized carbons (Fsp3) is 0.158. The molecule has 0 unspecified atom stereocenters. The Kier molecular flexibility index (Phi) is 5.17. The van der Waals surface area contributed by atoms with E-state index < -0.39 is 0 Å². The largest absolute Gasteiger partial charge is 0.339 e. The molecule has 1 aromatic heterocycles. The molecule has 3 rings (SSSR count). The summed E-state index contributed by atoms with van der Waals surface area (Å²) in [7, 11) is 0. The van der Waals surface area contributed by atoms with Crippen molar-refractivity contribution in [2.75, 3.05) is 5.32 Å². The minimum absolute atomic E-state index is 0.0724. The third kappa shape index (κ3) is 4.38. The number of nitrogens with zero attached hydrogens (tertiary/aromatic N) is 2. The first-order chi connectivity index (χ1) is 12.5. The molecule has 0 aliphatic heterocycles. The zero-order valence-electron chi connectivity index (χ0n) is 14.0. The van der Waals surface area contributed by atoms with Crippen LogP contribution in [0.1, 0.15) is 29.6 Å². The number of halogens is 1. The average molecular weight is 353 g/mol. The van der Waals surface area contributed by atoms with Crippen LogP contribution in [0.15, 0.2) is 53.1 Å². The molecule has 0 fully saturated rings. The van der Waals surface area contributed by atoms with E-state index in [0.29, 0.717) is 16.8 Å². The van der Waals surface area contributed by atoms with Crippen molar-refractivity contribution in [3.8, 4) is 11.4 Å². The van der Waals surface area contributed by atoms with Crippen molar-refractivity contribution in [1.29, 1.82) is 0 Å². The number of ketones is 1. The standard InChI is InChI=1S/C19H16FN3O3/c1-12(24)13-4-3-7-16(11-13)21-17(25)8-9-18-22-19(23-26-18)14-5-2-6-15(20)10-14/h2-7,10-11H,8-9H2,1H3,(H,21,25). The van der Waals surface area contributed by atoms with Crippen LogP contribution >= 0.6 is 0 Å². The van der Waals surface area contributed by atoms with Crippen molar-refractivity contribution < 1.29 is 18.5 Å². The zero-order chi connectivity index (χ0) is 18.5. The molecular formula is C19H16FN3O3. The number of amides is 1. The lowest BCUT2D eigenvalue weighted by molar-refractivity contribution is -0.116. The van der Waals surface area contributed by atoms with Gasteiger partial charge in [0.15, 0.2) is 5.78 Å². The molecule has 0 saturated heterocycles. The lowest BCUT2D eigenvalue weighted by Crippen LogP contribution is -2.12. The van der Waals surface area contributed by atoms with Crippen LogP contribution in [0, 0.1) is 5.82 Å². The third-order valence-electron chi connectivity index (χ3n) is 3.67. The maximum absolute atomic E-state index is 13.2. The highest BCUT2D eigenvalue weighted by atomic mass is 19.1. The first kappa shape index (κ1) is 17.5. The summed E-state index contributed by atoms with van der Waals surface area (Å²) in [6, 6.07) is 12.6. The summed E-state index contributed by atoms with van der Waals surface area (Å²) >= 11 is 0. The topological polar surface area (TPSA) is 85.1 Å². The Hall–Kier alpha value is -3.35. The Morgan fingerprint density at radius 2 is 1.96 bits per heavy atom. The molecule has 1 heterocycles. The number of benzene rings is 2. The van der Waals surface area contributed by atoms with Gasteiger partial charge in [-0.1, -0.05) is 29.4 Å². The van der Waals surface area contributed by atoms with Crippen LogP contribution < -0.4 is 5.32 Å². The molecule has 1 N–H and O–H groups in total. The molecule has 7 heteroatoms. The fourth-order valence-corrected chi connectivity index (χ4v) is 2.36. The van der Waals surface area contributed by atoms with Crippen LogP contribution in [0.2, 0.25) is 0 Å². The van der Waals surface area contributed by atoms with Gasteiger partial charge >= 0.3 is 0 Å². The number of nitrogens with one attached hydrogen (secondary N) is 1. The average Bonchev–Trinajstić information content (AvgIpc) is 3.09. The maximum atomic E-state index is 13.2. The Labute approximate surface area is 149 Å². The maximum Gasteiger partial charge on any atom is 0.227 e. The number of aryl methyl sites for hydroxylation is 1. The third-order valence-corrected chi connectivity index (χ3v) is 3.67. The van der Waals surface area contributed by atoms with E-state index in [9.17, 15) is 14.0 Å². The smallest absolute Gasteiger partial charge is 0.227 e. The van der Waals surface area contributed by atoms with Gasteiger partial charge < -0.3 is 9.84 Å². The summed E-state index contributed by atoms with van der Waals surface area (Å²) in [6.45, 7) is 1.46. The molecule has 26 heavy (non-hydrogen) atoms. The van der Waals surface area contributed by atoms with E-state index in [1.807, 2.05) is 0 Å². The van der Waals surface area contributed by atoms with Gasteiger partial charge in [-0.25, -0.2) is 4.39 Å². The fourth-order valence-electron chi connectivity index (χ4n) is 2.36. The molecule has 0 aliphatic rings. The molecule has 1 amide bonds. The Morgan fingerprint density at radius 3 is 2.73 bits per heavy atom. The van der Waals surface area contributed by atoms with Crippen molar-refractivity contribution in [3.05, 3.63) is 65.8 Å². The molecule has 0 bridgehead atoms. The first-order valence-corrected chi connectivity index (χ1v) is 8.00. The molecular weight excluding hydrogens is 337 g/mol. The monoisotopic (exact) mass is 353 g/mol. The number of Topliss-reactive ketones (excluding diaryl/α,β-unsaturated/α-hetero) is 1. The number of aromatic nitrogens is 2. The van der Waals surface area contributed by atoms with Crippen LogP contribution in [-0.2, 0) is 11.2 Å². The normalized spacial score (nSPS) is 10.5. The quantitative estimate of drug-likeness (QED) is 0.684. The van der Waals surface area contributed by atoms with Crippen LogP contribution in [-0.4, -0.2) is 21.8 Å². The summed E-state index contributed by atoms with van der Waals surface area (Å²) in [5.74, 6) is -0.139. The van der Waals surface area contributed by atoms with Gasteiger partial charge in [-0.15, -0.1) is 0 Å². The molecule has 132 valence electrons.